The van der Waals surface area contributed by atoms with Gasteiger partial charge in [-0.15, -0.1) is 0 Å². The average Bonchev–Trinajstić information content (AvgIpc) is 2.96. The molecule has 0 radical (unpaired) electrons. The van der Waals surface area contributed by atoms with Crippen molar-refractivity contribution in [3.05, 3.63) is 82.0 Å². The Balaban J connectivity index is 1.91. The van der Waals surface area contributed by atoms with Crippen molar-refractivity contribution in [2.45, 2.75) is 20.3 Å². The first-order valence-corrected chi connectivity index (χ1v) is 8.61. The highest BCUT2D eigenvalue weighted by molar-refractivity contribution is 7.71. The fourth-order valence-electron chi connectivity index (χ4n) is 3.18. The van der Waals surface area contributed by atoms with Gasteiger partial charge in [-0.25, -0.2) is 9.50 Å². The van der Waals surface area contributed by atoms with Crippen molar-refractivity contribution >= 4 is 17.9 Å². The maximum absolute atomic E-state index is 5.78. The Morgan fingerprint density at radius 2 is 1.76 bits per heavy atom. The van der Waals surface area contributed by atoms with E-state index in [0.29, 0.717) is 0 Å². The Morgan fingerprint density at radius 3 is 2.48 bits per heavy atom. The molecule has 0 fully saturated rings. The predicted molar refractivity (Wildman–Crippen MR) is 102 cm³/mol. The smallest absolute Gasteiger partial charge is 0.162 e. The van der Waals surface area contributed by atoms with Crippen LogP contribution in [0.1, 0.15) is 22.5 Å². The summed E-state index contributed by atoms with van der Waals surface area (Å²) in [7, 11) is 0. The van der Waals surface area contributed by atoms with Crippen LogP contribution >= 0.6 is 12.2 Å². The van der Waals surface area contributed by atoms with E-state index >= 15 is 0 Å². The van der Waals surface area contributed by atoms with E-state index in [1.807, 2.05) is 41.8 Å². The largest absolute Gasteiger partial charge is 0.295 e. The van der Waals surface area contributed by atoms with E-state index in [9.17, 15) is 0 Å². The SMILES string of the molecule is Cc1nc2c(-c3ccccc3)c(C)[nH]n2c(=S)c1Cc1ccncc1. The molecule has 0 spiro atoms. The molecule has 0 saturated carbocycles. The molecule has 5 heteroatoms. The number of aromatic amines is 1. The highest BCUT2D eigenvalue weighted by Crippen LogP contribution is 2.28. The summed E-state index contributed by atoms with van der Waals surface area (Å²) in [5.41, 5.74) is 7.40. The highest BCUT2D eigenvalue weighted by atomic mass is 32.1. The summed E-state index contributed by atoms with van der Waals surface area (Å²) >= 11 is 5.78. The Bertz CT molecular complexity index is 1100. The Hall–Kier alpha value is -2.79. The predicted octanol–water partition coefficient (Wildman–Crippen LogP) is 4.66. The minimum atomic E-state index is 0.752. The molecule has 4 nitrogen and oxygen atoms in total. The van der Waals surface area contributed by atoms with Gasteiger partial charge >= 0.3 is 0 Å². The molecule has 0 aliphatic heterocycles. The second-order valence-corrected chi connectivity index (χ2v) is 6.54. The normalized spacial score (nSPS) is 11.1. The summed E-state index contributed by atoms with van der Waals surface area (Å²) in [6.45, 7) is 4.09. The molecule has 0 atom stereocenters. The third-order valence-corrected chi connectivity index (χ3v) is 4.88. The van der Waals surface area contributed by atoms with Crippen LogP contribution in [0.4, 0.5) is 0 Å². The zero-order valence-electron chi connectivity index (χ0n) is 14.2. The van der Waals surface area contributed by atoms with Crippen molar-refractivity contribution in [2.75, 3.05) is 0 Å². The van der Waals surface area contributed by atoms with Gasteiger partial charge in [-0.2, -0.15) is 0 Å². The van der Waals surface area contributed by atoms with Crippen molar-refractivity contribution in [3.8, 4) is 11.1 Å². The second-order valence-electron chi connectivity index (χ2n) is 6.15. The lowest BCUT2D eigenvalue weighted by molar-refractivity contribution is 0.871. The van der Waals surface area contributed by atoms with Crippen molar-refractivity contribution in [1.29, 1.82) is 0 Å². The van der Waals surface area contributed by atoms with Gasteiger partial charge < -0.3 is 0 Å². The second kappa shape index (κ2) is 6.26. The van der Waals surface area contributed by atoms with Crippen LogP contribution in [-0.4, -0.2) is 19.6 Å². The maximum Gasteiger partial charge on any atom is 0.162 e. The van der Waals surface area contributed by atoms with E-state index < -0.39 is 0 Å². The van der Waals surface area contributed by atoms with Crippen LogP contribution in [0, 0.1) is 18.5 Å². The van der Waals surface area contributed by atoms with E-state index in [0.717, 1.165) is 44.8 Å². The molecule has 25 heavy (non-hydrogen) atoms. The van der Waals surface area contributed by atoms with Crippen molar-refractivity contribution < 1.29 is 0 Å². The highest BCUT2D eigenvalue weighted by Gasteiger charge is 2.16. The van der Waals surface area contributed by atoms with E-state index in [1.54, 1.807) is 12.4 Å². The van der Waals surface area contributed by atoms with E-state index in [2.05, 4.69) is 29.1 Å². The topological polar surface area (TPSA) is 46.0 Å². The van der Waals surface area contributed by atoms with E-state index in [1.165, 1.54) is 5.56 Å². The lowest BCUT2D eigenvalue weighted by Crippen LogP contribution is -2.03. The number of aromatic nitrogens is 4. The van der Waals surface area contributed by atoms with E-state index in [-0.39, 0.29) is 0 Å². The summed E-state index contributed by atoms with van der Waals surface area (Å²) < 4.78 is 2.71. The molecule has 124 valence electrons. The van der Waals surface area contributed by atoms with Crippen LogP contribution in [0.2, 0.25) is 0 Å². The summed E-state index contributed by atoms with van der Waals surface area (Å²) in [6, 6.07) is 14.3. The third kappa shape index (κ3) is 2.76. The molecule has 0 aliphatic carbocycles. The minimum Gasteiger partial charge on any atom is -0.295 e. The molecule has 0 amide bonds. The molecular formula is C20H18N4S. The van der Waals surface area contributed by atoms with Gasteiger partial charge in [0.25, 0.3) is 0 Å². The lowest BCUT2D eigenvalue weighted by atomic mass is 10.1. The van der Waals surface area contributed by atoms with Crippen LogP contribution in [0.15, 0.2) is 54.9 Å². The van der Waals surface area contributed by atoms with Crippen molar-refractivity contribution in [2.24, 2.45) is 0 Å². The van der Waals surface area contributed by atoms with Crippen molar-refractivity contribution in [3.63, 3.8) is 0 Å². The summed E-state index contributed by atoms with van der Waals surface area (Å²) in [5.74, 6) is 0. The summed E-state index contributed by atoms with van der Waals surface area (Å²) in [6.07, 6.45) is 4.36. The molecule has 4 aromatic rings. The maximum atomic E-state index is 5.78. The van der Waals surface area contributed by atoms with Crippen molar-refractivity contribution in [1.82, 2.24) is 19.6 Å². The number of nitrogens with zero attached hydrogens (tertiary/aromatic N) is 3. The fourth-order valence-corrected chi connectivity index (χ4v) is 3.54. The number of fused-ring (bicyclic) bond motifs is 1. The molecule has 1 aromatic carbocycles. The monoisotopic (exact) mass is 346 g/mol. The number of H-pyrrole nitrogens is 1. The standard InChI is InChI=1S/C20H18N4S/c1-13-17(12-15-8-10-21-11-9-15)20(25)24-19(22-13)18(14(2)23-24)16-6-4-3-5-7-16/h3-11,23H,12H2,1-2H3. The number of rotatable bonds is 3. The summed E-state index contributed by atoms with van der Waals surface area (Å²) in [4.78, 5) is 8.96. The van der Waals surface area contributed by atoms with Gasteiger partial charge in [0, 0.05) is 41.3 Å². The van der Waals surface area contributed by atoms with Gasteiger partial charge in [0.15, 0.2) is 5.65 Å². The first kappa shape index (κ1) is 15.7. The van der Waals surface area contributed by atoms with Gasteiger partial charge in [-0.3, -0.25) is 10.1 Å². The van der Waals surface area contributed by atoms with Gasteiger partial charge in [0.05, 0.1) is 0 Å². The van der Waals surface area contributed by atoms with Gasteiger partial charge in [-0.05, 0) is 37.1 Å². The van der Waals surface area contributed by atoms with Crippen LogP contribution in [-0.2, 0) is 6.42 Å². The molecule has 0 bridgehead atoms. The number of hydrogen-bond acceptors (Lipinski definition) is 3. The molecule has 4 rings (SSSR count). The lowest BCUT2D eigenvalue weighted by Gasteiger charge is -2.08. The first-order valence-electron chi connectivity index (χ1n) is 8.20. The molecule has 0 saturated heterocycles. The number of pyridine rings is 1. The number of nitrogens with one attached hydrogen (secondary N) is 1. The molecule has 1 N–H and O–H groups in total. The number of benzene rings is 1. The number of aryl methyl sites for hydroxylation is 2. The van der Waals surface area contributed by atoms with Gasteiger partial charge in [-0.1, -0.05) is 42.5 Å². The first-order chi connectivity index (χ1) is 12.1. The number of hydrogen-bond donors (Lipinski definition) is 1. The summed E-state index contributed by atoms with van der Waals surface area (Å²) in [5, 5.41) is 3.38. The van der Waals surface area contributed by atoms with E-state index in [4.69, 9.17) is 17.2 Å². The Labute approximate surface area is 151 Å². The fraction of sp³-hybridized carbons (Fsp3) is 0.150. The Kier molecular flexibility index (Phi) is 3.93. The third-order valence-electron chi connectivity index (χ3n) is 4.45. The molecule has 0 unspecified atom stereocenters. The molecule has 3 aromatic heterocycles. The Morgan fingerprint density at radius 1 is 1.04 bits per heavy atom. The van der Waals surface area contributed by atoms with Crippen LogP contribution < -0.4 is 0 Å². The zero-order valence-corrected chi connectivity index (χ0v) is 15.0. The zero-order chi connectivity index (χ0) is 17.4. The van der Waals surface area contributed by atoms with Gasteiger partial charge in [0.1, 0.15) is 4.64 Å². The molecular weight excluding hydrogens is 328 g/mol. The van der Waals surface area contributed by atoms with Crippen LogP contribution in [0.5, 0.6) is 0 Å². The quantitative estimate of drug-likeness (QED) is 0.549. The molecule has 0 aliphatic rings. The van der Waals surface area contributed by atoms with Crippen LogP contribution in [0.25, 0.3) is 16.8 Å². The van der Waals surface area contributed by atoms with Crippen LogP contribution in [0.3, 0.4) is 0 Å². The average molecular weight is 346 g/mol. The molecule has 3 heterocycles. The van der Waals surface area contributed by atoms with Gasteiger partial charge in [0.2, 0.25) is 0 Å². The minimum absolute atomic E-state index is 0.752.